The number of nitrogens with zero attached hydrogens (tertiary/aromatic N) is 6. The predicted octanol–water partition coefficient (Wildman–Crippen LogP) is 1.66. The lowest BCUT2D eigenvalue weighted by Crippen LogP contribution is -2.71. The number of ether oxygens (including phenoxy) is 1. The van der Waals surface area contributed by atoms with Crippen molar-refractivity contribution in [2.75, 3.05) is 17.2 Å². The number of β-lactam (4-membered cyclic amide) rings is 1. The highest BCUT2D eigenvalue weighted by molar-refractivity contribution is 8.01. The van der Waals surface area contributed by atoms with Gasteiger partial charge in [-0.05, 0) is 40.2 Å². The van der Waals surface area contributed by atoms with Crippen LogP contribution >= 0.6 is 46.4 Å². The number of carboxylic acids is 1. The maximum Gasteiger partial charge on any atom is 0.408 e. The normalized spacial score (nSPS) is 18.7. The van der Waals surface area contributed by atoms with Gasteiger partial charge in [0.1, 0.15) is 33.8 Å². The zero-order valence-corrected chi connectivity index (χ0v) is 26.9. The molecule has 0 radical (unpaired) electrons. The standard InChI is InChI=1S/C23H29N9O7S4/c1-9(2)39-30-12(15-27-20(24)43-31-15)16(33)26-13-17(34)32-14(19(35)36)10(7-40-18(13)32)8-41-22-29-28-11(42-22)6-25-21(37)38-23(3,4)5/h9,13,18H,6-8H2,1-5H3,(H,25,37)(H,26,33)(H,35,36)(H2,24,27,31)/b30-12-/t13?,18-/m1/s1. The number of carbonyl (C=O) groups excluding carboxylic acids is 3. The van der Waals surface area contributed by atoms with E-state index in [0.29, 0.717) is 20.7 Å². The molecule has 0 aromatic carbocycles. The van der Waals surface area contributed by atoms with Gasteiger partial charge in [-0.3, -0.25) is 14.5 Å². The molecular weight excluding hydrogens is 643 g/mol. The molecule has 0 bridgehead atoms. The summed E-state index contributed by atoms with van der Waals surface area (Å²) in [5.41, 5.74) is 5.16. The largest absolute Gasteiger partial charge is 0.477 e. The van der Waals surface area contributed by atoms with Crippen LogP contribution < -0.4 is 16.4 Å². The summed E-state index contributed by atoms with van der Waals surface area (Å²) in [4.78, 5) is 60.7. The molecule has 2 aromatic heterocycles. The second-order valence-corrected chi connectivity index (χ2v) is 14.4. The van der Waals surface area contributed by atoms with Crippen LogP contribution in [0.25, 0.3) is 0 Å². The molecule has 4 rings (SSSR count). The molecule has 0 saturated carbocycles. The van der Waals surface area contributed by atoms with Gasteiger partial charge in [0, 0.05) is 23.0 Å². The lowest BCUT2D eigenvalue weighted by molar-refractivity contribution is -0.150. The number of alkyl carbamates (subject to hydrolysis) is 1. The first kappa shape index (κ1) is 32.4. The SMILES string of the molecule is CC(C)O/N=C(\C(=O)NC1C(=O)N2C(C(=O)O)=C(CSc3nnc(CNC(=O)OC(C)(C)C)s3)CS[C@H]12)c1nsc(N)n1. The summed E-state index contributed by atoms with van der Waals surface area (Å²) in [5.74, 6) is -2.08. The fourth-order valence-electron chi connectivity index (χ4n) is 3.66. The number of hydrogen-bond acceptors (Lipinski definition) is 16. The number of carbonyl (C=O) groups is 4. The highest BCUT2D eigenvalue weighted by Crippen LogP contribution is 2.41. The first-order valence-corrected chi connectivity index (χ1v) is 16.3. The summed E-state index contributed by atoms with van der Waals surface area (Å²) in [7, 11) is 0. The van der Waals surface area contributed by atoms with Crippen LogP contribution in [0.3, 0.4) is 0 Å². The zero-order valence-electron chi connectivity index (χ0n) is 23.6. The van der Waals surface area contributed by atoms with Gasteiger partial charge in [0.2, 0.25) is 11.5 Å². The molecule has 2 aliphatic rings. The van der Waals surface area contributed by atoms with Gasteiger partial charge in [0.05, 0.1) is 6.54 Å². The van der Waals surface area contributed by atoms with Crippen molar-refractivity contribution in [3.05, 3.63) is 22.1 Å². The molecule has 0 aliphatic carbocycles. The zero-order chi connectivity index (χ0) is 31.5. The minimum absolute atomic E-state index is 0.0496. The number of rotatable bonds is 11. The van der Waals surface area contributed by atoms with Gasteiger partial charge < -0.3 is 31.0 Å². The number of hydrogen-bond donors (Lipinski definition) is 4. The lowest BCUT2D eigenvalue weighted by atomic mass is 10.0. The van der Waals surface area contributed by atoms with Crippen molar-refractivity contribution in [2.45, 2.75) is 68.6 Å². The number of thioether (sulfide) groups is 2. The van der Waals surface area contributed by atoms with Crippen molar-refractivity contribution in [1.82, 2.24) is 35.1 Å². The minimum atomic E-state index is -1.26. The van der Waals surface area contributed by atoms with Crippen molar-refractivity contribution in [1.29, 1.82) is 0 Å². The third kappa shape index (κ3) is 8.12. The number of nitrogens with one attached hydrogen (secondary N) is 2. The van der Waals surface area contributed by atoms with Crippen LogP contribution in [0, 0.1) is 0 Å². The van der Waals surface area contributed by atoms with E-state index in [2.05, 4.69) is 35.3 Å². The molecule has 2 atom stereocenters. The van der Waals surface area contributed by atoms with Crippen LogP contribution in [0.5, 0.6) is 0 Å². The first-order chi connectivity index (χ1) is 20.2. The summed E-state index contributed by atoms with van der Waals surface area (Å²) in [6.45, 7) is 8.85. The fraction of sp³-hybridized carbons (Fsp3) is 0.522. The Kier molecular flexibility index (Phi) is 10.1. The minimum Gasteiger partial charge on any atom is -0.477 e. The molecule has 2 aromatic rings. The van der Waals surface area contributed by atoms with Crippen molar-refractivity contribution in [3.8, 4) is 0 Å². The van der Waals surface area contributed by atoms with E-state index in [1.54, 1.807) is 34.6 Å². The fourth-order valence-corrected chi connectivity index (χ4v) is 7.41. The smallest absolute Gasteiger partial charge is 0.408 e. The molecular formula is C23H29N9O7S4. The molecule has 0 spiro atoms. The summed E-state index contributed by atoms with van der Waals surface area (Å²) in [6.07, 6.45) is -0.916. The number of oxime groups is 1. The van der Waals surface area contributed by atoms with Crippen molar-refractivity contribution in [2.24, 2.45) is 5.16 Å². The van der Waals surface area contributed by atoms with Crippen LogP contribution in [0.15, 0.2) is 20.8 Å². The number of amides is 3. The Bertz CT molecular complexity index is 1470. The third-order valence-electron chi connectivity index (χ3n) is 5.36. The summed E-state index contributed by atoms with van der Waals surface area (Å²) in [6, 6.07) is -0.996. The number of carboxylic acid groups (broad SMARTS) is 1. The van der Waals surface area contributed by atoms with Crippen LogP contribution in [0.1, 0.15) is 45.5 Å². The van der Waals surface area contributed by atoms with E-state index in [1.807, 2.05) is 0 Å². The number of anilines is 1. The second-order valence-electron chi connectivity index (χ2n) is 10.3. The summed E-state index contributed by atoms with van der Waals surface area (Å²) < 4.78 is 9.77. The van der Waals surface area contributed by atoms with Crippen LogP contribution in [0.2, 0.25) is 0 Å². The molecule has 2 aliphatic heterocycles. The van der Waals surface area contributed by atoms with E-state index in [-0.39, 0.29) is 40.8 Å². The quantitative estimate of drug-likeness (QED) is 0.115. The second kappa shape index (κ2) is 13.4. The van der Waals surface area contributed by atoms with Gasteiger partial charge in [0.25, 0.3) is 11.8 Å². The molecule has 4 heterocycles. The molecule has 3 amide bonds. The van der Waals surface area contributed by atoms with Gasteiger partial charge >= 0.3 is 12.1 Å². The van der Waals surface area contributed by atoms with E-state index in [0.717, 1.165) is 11.5 Å². The van der Waals surface area contributed by atoms with E-state index in [1.165, 1.54) is 39.8 Å². The Labute approximate surface area is 262 Å². The van der Waals surface area contributed by atoms with Gasteiger partial charge in [-0.2, -0.15) is 9.36 Å². The van der Waals surface area contributed by atoms with Gasteiger partial charge in [-0.1, -0.05) is 28.3 Å². The third-order valence-corrected chi connectivity index (χ3v) is 9.39. The van der Waals surface area contributed by atoms with E-state index < -0.39 is 40.9 Å². The monoisotopic (exact) mass is 671 g/mol. The van der Waals surface area contributed by atoms with Crippen molar-refractivity contribution in [3.63, 3.8) is 0 Å². The molecule has 5 N–H and O–H groups in total. The maximum absolute atomic E-state index is 13.1. The predicted molar refractivity (Wildman–Crippen MR) is 160 cm³/mol. The average Bonchev–Trinajstić information content (AvgIpc) is 3.56. The van der Waals surface area contributed by atoms with E-state index in [9.17, 15) is 24.3 Å². The van der Waals surface area contributed by atoms with Crippen LogP contribution in [-0.2, 0) is 30.5 Å². The van der Waals surface area contributed by atoms with E-state index in [4.69, 9.17) is 15.3 Å². The average molecular weight is 672 g/mol. The Hall–Kier alpha value is -3.49. The Morgan fingerprint density at radius 1 is 1.28 bits per heavy atom. The first-order valence-electron chi connectivity index (χ1n) is 12.7. The molecule has 1 saturated heterocycles. The van der Waals surface area contributed by atoms with Crippen LogP contribution in [-0.4, -0.2) is 93.8 Å². The van der Waals surface area contributed by atoms with Gasteiger partial charge in [0.15, 0.2) is 9.47 Å². The molecule has 20 heteroatoms. The maximum atomic E-state index is 13.1. The lowest BCUT2D eigenvalue weighted by Gasteiger charge is -2.49. The Balaban J connectivity index is 1.39. The summed E-state index contributed by atoms with van der Waals surface area (Å²) in [5, 5.41) is 27.2. The number of nitrogen functional groups attached to an aromatic ring is 1. The number of fused-ring (bicyclic) bond motifs is 1. The van der Waals surface area contributed by atoms with Crippen molar-refractivity contribution >= 4 is 81.1 Å². The number of aliphatic carboxylic acids is 1. The highest BCUT2D eigenvalue weighted by atomic mass is 32.2. The molecule has 232 valence electrons. The topological polar surface area (TPSA) is 224 Å². The Morgan fingerprint density at radius 2 is 2.02 bits per heavy atom. The number of nitrogens with two attached hydrogens (primary N) is 1. The molecule has 1 fully saturated rings. The summed E-state index contributed by atoms with van der Waals surface area (Å²) >= 11 is 4.72. The number of aromatic nitrogens is 4. The van der Waals surface area contributed by atoms with E-state index >= 15 is 0 Å². The van der Waals surface area contributed by atoms with Crippen molar-refractivity contribution < 1.29 is 33.9 Å². The molecule has 1 unspecified atom stereocenters. The van der Waals surface area contributed by atoms with Gasteiger partial charge in [-0.15, -0.1) is 22.0 Å². The molecule has 43 heavy (non-hydrogen) atoms. The van der Waals surface area contributed by atoms with Gasteiger partial charge in [-0.25, -0.2) is 9.59 Å². The Morgan fingerprint density at radius 3 is 2.65 bits per heavy atom. The van der Waals surface area contributed by atoms with Crippen LogP contribution in [0.4, 0.5) is 9.93 Å². The highest BCUT2D eigenvalue weighted by Gasteiger charge is 2.54. The molecule has 16 nitrogen and oxygen atoms in total.